The molecule has 0 fully saturated rings. The second kappa shape index (κ2) is 5.86. The molecule has 1 atom stereocenters. The summed E-state index contributed by atoms with van der Waals surface area (Å²) >= 11 is 3.68. The van der Waals surface area contributed by atoms with Gasteiger partial charge in [-0.2, -0.15) is 0 Å². The number of carbonyl (C=O) groups excluding carboxylic acids is 1. The van der Waals surface area contributed by atoms with Crippen LogP contribution in [-0.4, -0.2) is 30.0 Å². The van der Waals surface area contributed by atoms with Crippen molar-refractivity contribution in [3.05, 3.63) is 29.3 Å². The van der Waals surface area contributed by atoms with Gasteiger partial charge in [0, 0.05) is 23.2 Å². The van der Waals surface area contributed by atoms with Crippen LogP contribution in [0.4, 0.5) is 5.69 Å². The number of benzene rings is 1. The monoisotopic (exact) mass is 339 g/mol. The van der Waals surface area contributed by atoms with E-state index in [0.717, 1.165) is 18.5 Å². The minimum Gasteiger partial charge on any atom is -0.375 e. The SMILES string of the molecule is COCC(=O)N1c2ccc(CC(C)(C)Br)cc2CC1C. The van der Waals surface area contributed by atoms with Crippen molar-refractivity contribution in [1.82, 2.24) is 0 Å². The lowest BCUT2D eigenvalue weighted by molar-refractivity contribution is -0.122. The lowest BCUT2D eigenvalue weighted by atomic mass is 9.99. The molecular weight excluding hydrogens is 318 g/mol. The largest absolute Gasteiger partial charge is 0.375 e. The van der Waals surface area contributed by atoms with Gasteiger partial charge < -0.3 is 9.64 Å². The van der Waals surface area contributed by atoms with Gasteiger partial charge in [0.2, 0.25) is 0 Å². The minimum absolute atomic E-state index is 0.0346. The van der Waals surface area contributed by atoms with Gasteiger partial charge in [0.1, 0.15) is 6.61 Å². The molecule has 0 saturated heterocycles. The van der Waals surface area contributed by atoms with E-state index < -0.39 is 0 Å². The smallest absolute Gasteiger partial charge is 0.253 e. The highest BCUT2D eigenvalue weighted by atomic mass is 79.9. The van der Waals surface area contributed by atoms with Crippen LogP contribution in [0, 0.1) is 0 Å². The summed E-state index contributed by atoms with van der Waals surface area (Å²) in [6, 6.07) is 6.63. The molecule has 0 saturated carbocycles. The summed E-state index contributed by atoms with van der Waals surface area (Å²) in [5.41, 5.74) is 3.60. The van der Waals surface area contributed by atoms with E-state index in [0.29, 0.717) is 0 Å². The van der Waals surface area contributed by atoms with Crippen LogP contribution in [-0.2, 0) is 22.4 Å². The zero-order valence-electron chi connectivity index (χ0n) is 12.6. The number of hydrogen-bond donors (Lipinski definition) is 0. The van der Waals surface area contributed by atoms with Gasteiger partial charge in [-0.05, 0) is 50.8 Å². The van der Waals surface area contributed by atoms with Gasteiger partial charge in [-0.15, -0.1) is 0 Å². The quantitative estimate of drug-likeness (QED) is 0.787. The van der Waals surface area contributed by atoms with Crippen LogP contribution in [0.2, 0.25) is 0 Å². The van der Waals surface area contributed by atoms with Gasteiger partial charge in [0.15, 0.2) is 0 Å². The fourth-order valence-corrected chi connectivity index (χ4v) is 3.18. The van der Waals surface area contributed by atoms with Crippen LogP contribution in [0.5, 0.6) is 0 Å². The second-order valence-electron chi connectivity index (χ2n) is 6.11. The van der Waals surface area contributed by atoms with Crippen molar-refractivity contribution in [3.8, 4) is 0 Å². The Morgan fingerprint density at radius 2 is 2.20 bits per heavy atom. The lowest BCUT2D eigenvalue weighted by Crippen LogP contribution is -2.38. The summed E-state index contributed by atoms with van der Waals surface area (Å²) in [6.45, 7) is 6.55. The first-order valence-electron chi connectivity index (χ1n) is 6.93. The van der Waals surface area contributed by atoms with Crippen molar-refractivity contribution in [1.29, 1.82) is 0 Å². The molecule has 2 rings (SSSR count). The zero-order valence-corrected chi connectivity index (χ0v) is 14.2. The van der Waals surface area contributed by atoms with E-state index in [1.165, 1.54) is 11.1 Å². The predicted octanol–water partition coefficient (Wildman–Crippen LogP) is 3.33. The van der Waals surface area contributed by atoms with Crippen molar-refractivity contribution in [3.63, 3.8) is 0 Å². The third-order valence-corrected chi connectivity index (χ3v) is 3.80. The minimum atomic E-state index is 0.0346. The van der Waals surface area contributed by atoms with Crippen molar-refractivity contribution in [2.45, 2.75) is 44.0 Å². The Bertz CT molecular complexity index is 508. The Kier molecular flexibility index (Phi) is 4.55. The molecule has 1 heterocycles. The summed E-state index contributed by atoms with van der Waals surface area (Å²) in [5.74, 6) is 0.0346. The average Bonchev–Trinajstić information content (AvgIpc) is 2.62. The molecule has 1 aliphatic heterocycles. The van der Waals surface area contributed by atoms with E-state index >= 15 is 0 Å². The molecule has 0 spiro atoms. The Balaban J connectivity index is 2.25. The normalized spacial score (nSPS) is 18.2. The topological polar surface area (TPSA) is 29.5 Å². The molecule has 1 unspecified atom stereocenters. The molecule has 1 amide bonds. The second-order valence-corrected chi connectivity index (χ2v) is 8.26. The first kappa shape index (κ1) is 15.5. The molecule has 0 aromatic heterocycles. The van der Waals surface area contributed by atoms with Gasteiger partial charge >= 0.3 is 0 Å². The first-order valence-corrected chi connectivity index (χ1v) is 7.73. The van der Waals surface area contributed by atoms with Crippen LogP contribution in [0.3, 0.4) is 0 Å². The van der Waals surface area contributed by atoms with Gasteiger partial charge in [0.25, 0.3) is 5.91 Å². The number of hydrogen-bond acceptors (Lipinski definition) is 2. The van der Waals surface area contributed by atoms with E-state index in [4.69, 9.17) is 4.74 Å². The van der Waals surface area contributed by atoms with Gasteiger partial charge in [-0.3, -0.25) is 4.79 Å². The fourth-order valence-electron chi connectivity index (χ4n) is 2.85. The van der Waals surface area contributed by atoms with E-state index in [2.05, 4.69) is 54.9 Å². The molecule has 1 aromatic carbocycles. The molecule has 0 bridgehead atoms. The number of halogens is 1. The molecule has 0 N–H and O–H groups in total. The fraction of sp³-hybridized carbons (Fsp3) is 0.562. The van der Waals surface area contributed by atoms with Crippen LogP contribution >= 0.6 is 15.9 Å². The lowest BCUT2D eigenvalue weighted by Gasteiger charge is -2.22. The van der Waals surface area contributed by atoms with E-state index in [-0.39, 0.29) is 22.9 Å². The molecular formula is C16H22BrNO2. The van der Waals surface area contributed by atoms with Crippen LogP contribution < -0.4 is 4.90 Å². The average molecular weight is 340 g/mol. The number of amides is 1. The van der Waals surface area contributed by atoms with Gasteiger partial charge in [-0.1, -0.05) is 28.1 Å². The van der Waals surface area contributed by atoms with Crippen molar-refractivity contribution < 1.29 is 9.53 Å². The number of anilines is 1. The Morgan fingerprint density at radius 3 is 2.80 bits per heavy atom. The molecule has 1 aliphatic rings. The molecule has 0 aliphatic carbocycles. The van der Waals surface area contributed by atoms with Crippen LogP contribution in [0.15, 0.2) is 18.2 Å². The molecule has 0 radical (unpaired) electrons. The number of alkyl halides is 1. The maximum atomic E-state index is 12.1. The first-order chi connectivity index (χ1) is 9.31. The summed E-state index contributed by atoms with van der Waals surface area (Å²) in [7, 11) is 1.56. The standard InChI is InChI=1S/C16H22BrNO2/c1-11-7-13-8-12(9-16(2,3)17)5-6-14(13)18(11)15(19)10-20-4/h5-6,8,11H,7,9-10H2,1-4H3. The predicted molar refractivity (Wildman–Crippen MR) is 85.7 cm³/mol. The van der Waals surface area contributed by atoms with Crippen LogP contribution in [0.1, 0.15) is 31.9 Å². The third kappa shape index (κ3) is 3.41. The summed E-state index contributed by atoms with van der Waals surface area (Å²) < 4.78 is 5.07. The number of carbonyl (C=O) groups is 1. The van der Waals surface area contributed by atoms with Crippen molar-refractivity contribution in [2.24, 2.45) is 0 Å². The van der Waals surface area contributed by atoms with E-state index in [1.54, 1.807) is 7.11 Å². The molecule has 110 valence electrons. The maximum Gasteiger partial charge on any atom is 0.253 e. The van der Waals surface area contributed by atoms with Crippen LogP contribution in [0.25, 0.3) is 0 Å². The van der Waals surface area contributed by atoms with E-state index in [1.807, 2.05) is 4.90 Å². The van der Waals surface area contributed by atoms with Crippen molar-refractivity contribution in [2.75, 3.05) is 18.6 Å². The summed E-state index contributed by atoms with van der Waals surface area (Å²) in [5, 5.41) is 0. The Hall–Kier alpha value is -0.870. The Morgan fingerprint density at radius 1 is 1.50 bits per heavy atom. The third-order valence-electron chi connectivity index (χ3n) is 3.52. The number of ether oxygens (including phenoxy) is 1. The van der Waals surface area contributed by atoms with Gasteiger partial charge in [-0.25, -0.2) is 0 Å². The summed E-state index contributed by atoms with van der Waals surface area (Å²) in [4.78, 5) is 14.0. The molecule has 1 aromatic rings. The van der Waals surface area contributed by atoms with Crippen molar-refractivity contribution >= 4 is 27.5 Å². The Labute approximate surface area is 129 Å². The number of rotatable bonds is 4. The highest BCUT2D eigenvalue weighted by Gasteiger charge is 2.31. The van der Waals surface area contributed by atoms with Gasteiger partial charge in [0.05, 0.1) is 0 Å². The highest BCUT2D eigenvalue weighted by molar-refractivity contribution is 9.10. The molecule has 4 heteroatoms. The number of nitrogens with zero attached hydrogens (tertiary/aromatic N) is 1. The summed E-state index contributed by atoms with van der Waals surface area (Å²) in [6.07, 6.45) is 1.89. The molecule has 3 nitrogen and oxygen atoms in total. The number of fused-ring (bicyclic) bond motifs is 1. The molecule has 20 heavy (non-hydrogen) atoms. The van der Waals surface area contributed by atoms with E-state index in [9.17, 15) is 4.79 Å². The zero-order chi connectivity index (χ0) is 14.9. The number of methoxy groups -OCH3 is 1. The highest BCUT2D eigenvalue weighted by Crippen LogP contribution is 2.34. The maximum absolute atomic E-state index is 12.1.